The number of fused-ring (bicyclic) bond motifs is 1. The number of aromatic amines is 1. The Bertz CT molecular complexity index is 939. The third kappa shape index (κ3) is 4.40. The summed E-state index contributed by atoms with van der Waals surface area (Å²) in [5, 5.41) is 11.4. The van der Waals surface area contributed by atoms with E-state index in [0.29, 0.717) is 10.8 Å². The molecule has 1 heterocycles. The van der Waals surface area contributed by atoms with Gasteiger partial charge >= 0.3 is 0 Å². The second kappa shape index (κ2) is 8.87. The number of hydrogen-bond acceptors (Lipinski definition) is 3. The van der Waals surface area contributed by atoms with Crippen molar-refractivity contribution >= 4 is 10.8 Å². The van der Waals surface area contributed by atoms with E-state index in [-0.39, 0.29) is 11.3 Å². The maximum absolute atomic E-state index is 12.1. The standard InChI is InChI=1S/C23H28N2O2/c1-3-13-25(14-4-2)15-12-17-8-10-18(11-9-17)20-16-24-23(27)19-6-5-7-21(26)22(19)20/h5-11,16,26H,3-4,12-15H2,1-2H3,(H,24,27). The van der Waals surface area contributed by atoms with E-state index in [2.05, 4.69) is 48.0 Å². The lowest BCUT2D eigenvalue weighted by Crippen LogP contribution is -2.27. The topological polar surface area (TPSA) is 56.3 Å². The Labute approximate surface area is 160 Å². The molecule has 0 aliphatic heterocycles. The van der Waals surface area contributed by atoms with Crippen molar-refractivity contribution in [2.75, 3.05) is 19.6 Å². The molecule has 0 fully saturated rings. The fourth-order valence-corrected chi connectivity index (χ4v) is 3.63. The monoisotopic (exact) mass is 364 g/mol. The fourth-order valence-electron chi connectivity index (χ4n) is 3.63. The van der Waals surface area contributed by atoms with Crippen molar-refractivity contribution in [3.8, 4) is 16.9 Å². The van der Waals surface area contributed by atoms with E-state index in [9.17, 15) is 9.90 Å². The van der Waals surface area contributed by atoms with Crippen LogP contribution in [0.5, 0.6) is 5.75 Å². The predicted octanol–water partition coefficient (Wildman–Crippen LogP) is 4.57. The molecule has 0 radical (unpaired) electrons. The molecule has 0 aliphatic carbocycles. The molecule has 2 N–H and O–H groups in total. The second-order valence-electron chi connectivity index (χ2n) is 7.02. The Kier molecular flexibility index (Phi) is 6.30. The van der Waals surface area contributed by atoms with Gasteiger partial charge in [-0.3, -0.25) is 4.79 Å². The third-order valence-corrected chi connectivity index (χ3v) is 4.97. The van der Waals surface area contributed by atoms with Gasteiger partial charge in [0.25, 0.3) is 5.56 Å². The van der Waals surface area contributed by atoms with Crippen LogP contribution in [0.3, 0.4) is 0 Å². The molecule has 0 unspecified atom stereocenters. The fraction of sp³-hybridized carbons (Fsp3) is 0.348. The van der Waals surface area contributed by atoms with Crippen molar-refractivity contribution in [2.24, 2.45) is 0 Å². The highest BCUT2D eigenvalue weighted by molar-refractivity contribution is 5.99. The number of aromatic nitrogens is 1. The number of phenolic OH excluding ortho intramolecular Hbond substituents is 1. The third-order valence-electron chi connectivity index (χ3n) is 4.97. The van der Waals surface area contributed by atoms with Crippen LogP contribution in [0.2, 0.25) is 0 Å². The van der Waals surface area contributed by atoms with Crippen LogP contribution >= 0.6 is 0 Å². The zero-order chi connectivity index (χ0) is 19.2. The van der Waals surface area contributed by atoms with Crippen molar-refractivity contribution in [3.63, 3.8) is 0 Å². The zero-order valence-corrected chi connectivity index (χ0v) is 16.2. The lowest BCUT2D eigenvalue weighted by atomic mass is 9.98. The molecule has 0 amide bonds. The van der Waals surface area contributed by atoms with Crippen LogP contribution in [0.4, 0.5) is 0 Å². The molecule has 0 saturated carbocycles. The molecular formula is C23H28N2O2. The summed E-state index contributed by atoms with van der Waals surface area (Å²) in [6, 6.07) is 13.5. The van der Waals surface area contributed by atoms with Crippen molar-refractivity contribution in [2.45, 2.75) is 33.1 Å². The molecule has 3 rings (SSSR count). The minimum atomic E-state index is -0.187. The van der Waals surface area contributed by atoms with Gasteiger partial charge in [0.05, 0.1) is 5.39 Å². The number of H-pyrrole nitrogens is 1. The number of rotatable bonds is 8. The highest BCUT2D eigenvalue weighted by atomic mass is 16.3. The second-order valence-corrected chi connectivity index (χ2v) is 7.02. The van der Waals surface area contributed by atoms with E-state index in [4.69, 9.17) is 0 Å². The van der Waals surface area contributed by atoms with Crippen LogP contribution in [0, 0.1) is 0 Å². The first kappa shape index (κ1) is 19.2. The summed E-state index contributed by atoms with van der Waals surface area (Å²) in [5.74, 6) is 0.132. The van der Waals surface area contributed by atoms with Crippen molar-refractivity contribution < 1.29 is 5.11 Å². The van der Waals surface area contributed by atoms with Gasteiger partial charge in [0.1, 0.15) is 5.75 Å². The number of phenols is 1. The van der Waals surface area contributed by atoms with E-state index in [1.807, 2.05) is 0 Å². The maximum Gasteiger partial charge on any atom is 0.255 e. The summed E-state index contributed by atoms with van der Waals surface area (Å²) < 4.78 is 0. The number of pyridine rings is 1. The molecule has 4 nitrogen and oxygen atoms in total. The van der Waals surface area contributed by atoms with E-state index >= 15 is 0 Å². The van der Waals surface area contributed by atoms with E-state index in [1.165, 1.54) is 18.4 Å². The van der Waals surface area contributed by atoms with Gasteiger partial charge in [0.2, 0.25) is 0 Å². The number of nitrogens with zero attached hydrogens (tertiary/aromatic N) is 1. The summed E-state index contributed by atoms with van der Waals surface area (Å²) >= 11 is 0. The molecule has 27 heavy (non-hydrogen) atoms. The first-order chi connectivity index (χ1) is 13.1. The molecule has 1 aromatic heterocycles. The minimum absolute atomic E-state index is 0.132. The summed E-state index contributed by atoms with van der Waals surface area (Å²) in [7, 11) is 0. The lowest BCUT2D eigenvalue weighted by Gasteiger charge is -2.20. The Hall–Kier alpha value is -2.59. The SMILES string of the molecule is CCCN(CCC)CCc1ccc(-c2c[nH]c(=O)c3cccc(O)c23)cc1. The summed E-state index contributed by atoms with van der Waals surface area (Å²) in [6.45, 7) is 7.81. The zero-order valence-electron chi connectivity index (χ0n) is 16.2. The summed E-state index contributed by atoms with van der Waals surface area (Å²) in [5.41, 5.74) is 2.94. The molecule has 3 aromatic rings. The van der Waals surface area contributed by atoms with Crippen LogP contribution in [0.15, 0.2) is 53.5 Å². The summed E-state index contributed by atoms with van der Waals surface area (Å²) in [6.07, 6.45) is 5.07. The van der Waals surface area contributed by atoms with Crippen LogP contribution < -0.4 is 5.56 Å². The highest BCUT2D eigenvalue weighted by Crippen LogP contribution is 2.32. The van der Waals surface area contributed by atoms with Crippen LogP contribution in [0.25, 0.3) is 21.9 Å². The summed E-state index contributed by atoms with van der Waals surface area (Å²) in [4.78, 5) is 17.3. The van der Waals surface area contributed by atoms with Gasteiger partial charge < -0.3 is 15.0 Å². The molecule has 142 valence electrons. The van der Waals surface area contributed by atoms with Gasteiger partial charge in [-0.05, 0) is 55.6 Å². The number of benzene rings is 2. The Morgan fingerprint density at radius 2 is 1.67 bits per heavy atom. The maximum atomic E-state index is 12.1. The largest absolute Gasteiger partial charge is 0.507 e. The predicted molar refractivity (Wildman–Crippen MR) is 112 cm³/mol. The molecule has 0 aliphatic rings. The number of aromatic hydroxyl groups is 1. The highest BCUT2D eigenvalue weighted by Gasteiger charge is 2.11. The average Bonchev–Trinajstić information content (AvgIpc) is 2.68. The molecule has 0 saturated heterocycles. The van der Waals surface area contributed by atoms with Crippen LogP contribution in [-0.2, 0) is 6.42 Å². The van der Waals surface area contributed by atoms with E-state index < -0.39 is 0 Å². The average molecular weight is 364 g/mol. The molecule has 0 atom stereocenters. The van der Waals surface area contributed by atoms with E-state index in [1.54, 1.807) is 24.4 Å². The molecular weight excluding hydrogens is 336 g/mol. The van der Waals surface area contributed by atoms with Gasteiger partial charge in [0, 0.05) is 23.7 Å². The van der Waals surface area contributed by atoms with Gasteiger partial charge in [-0.25, -0.2) is 0 Å². The Balaban J connectivity index is 1.83. The van der Waals surface area contributed by atoms with Gasteiger partial charge in [0.15, 0.2) is 0 Å². The van der Waals surface area contributed by atoms with Crippen LogP contribution in [-0.4, -0.2) is 34.6 Å². The van der Waals surface area contributed by atoms with E-state index in [0.717, 1.165) is 37.2 Å². The Morgan fingerprint density at radius 3 is 2.33 bits per heavy atom. The van der Waals surface area contributed by atoms with Gasteiger partial charge in [-0.1, -0.05) is 44.2 Å². The molecule has 4 heteroatoms. The molecule has 2 aromatic carbocycles. The van der Waals surface area contributed by atoms with Gasteiger partial charge in [-0.15, -0.1) is 0 Å². The van der Waals surface area contributed by atoms with Gasteiger partial charge in [-0.2, -0.15) is 0 Å². The number of hydrogen-bond donors (Lipinski definition) is 2. The van der Waals surface area contributed by atoms with Crippen LogP contribution in [0.1, 0.15) is 32.3 Å². The number of nitrogens with one attached hydrogen (secondary N) is 1. The molecule has 0 spiro atoms. The van der Waals surface area contributed by atoms with Crippen molar-refractivity contribution in [1.29, 1.82) is 0 Å². The van der Waals surface area contributed by atoms with Crippen molar-refractivity contribution in [1.82, 2.24) is 9.88 Å². The normalized spacial score (nSPS) is 11.4. The first-order valence-corrected chi connectivity index (χ1v) is 9.79. The lowest BCUT2D eigenvalue weighted by molar-refractivity contribution is 0.278. The first-order valence-electron chi connectivity index (χ1n) is 9.79. The Morgan fingerprint density at radius 1 is 0.963 bits per heavy atom. The minimum Gasteiger partial charge on any atom is -0.507 e. The smallest absolute Gasteiger partial charge is 0.255 e. The quantitative estimate of drug-likeness (QED) is 0.616. The van der Waals surface area contributed by atoms with Crippen molar-refractivity contribution in [3.05, 3.63) is 64.6 Å². The molecule has 0 bridgehead atoms.